The fourth-order valence-corrected chi connectivity index (χ4v) is 2.68. The Morgan fingerprint density at radius 3 is 3.00 bits per heavy atom. The van der Waals surface area contributed by atoms with Gasteiger partial charge in [0.1, 0.15) is 0 Å². The molecule has 0 saturated carbocycles. The van der Waals surface area contributed by atoms with Gasteiger partial charge >= 0.3 is 0 Å². The van der Waals surface area contributed by atoms with Gasteiger partial charge in [-0.3, -0.25) is 4.98 Å². The monoisotopic (exact) mass is 254 g/mol. The molecule has 0 aliphatic heterocycles. The van der Waals surface area contributed by atoms with E-state index in [2.05, 4.69) is 16.9 Å². The van der Waals surface area contributed by atoms with Gasteiger partial charge in [0, 0.05) is 29.3 Å². The largest absolute Gasteiger partial charge is 0.330 e. The van der Waals surface area contributed by atoms with Crippen LogP contribution in [0.1, 0.15) is 23.4 Å². The summed E-state index contributed by atoms with van der Waals surface area (Å²) in [4.78, 5) is 13.5. The van der Waals surface area contributed by atoms with E-state index in [1.807, 2.05) is 18.3 Å². The summed E-state index contributed by atoms with van der Waals surface area (Å²) in [6.07, 6.45) is 6.73. The smallest absolute Gasteiger partial charge is 0.161 e. The SMILES string of the molecule is Cc1nc(-c2cccnc2)nc2c1CC(CN)CC2. The highest BCUT2D eigenvalue weighted by molar-refractivity contribution is 5.54. The summed E-state index contributed by atoms with van der Waals surface area (Å²) in [6.45, 7) is 2.82. The third-order valence-electron chi connectivity index (χ3n) is 3.83. The van der Waals surface area contributed by atoms with Gasteiger partial charge in [0.25, 0.3) is 0 Å². The average molecular weight is 254 g/mol. The molecule has 0 bridgehead atoms. The van der Waals surface area contributed by atoms with Crippen LogP contribution in [-0.2, 0) is 12.8 Å². The second-order valence-electron chi connectivity index (χ2n) is 5.14. The number of aryl methyl sites for hydroxylation is 2. The van der Waals surface area contributed by atoms with Crippen LogP contribution < -0.4 is 5.73 Å². The summed E-state index contributed by atoms with van der Waals surface area (Å²) >= 11 is 0. The highest BCUT2D eigenvalue weighted by atomic mass is 14.9. The van der Waals surface area contributed by atoms with Crippen molar-refractivity contribution in [3.8, 4) is 11.4 Å². The van der Waals surface area contributed by atoms with E-state index in [0.717, 1.165) is 42.9 Å². The van der Waals surface area contributed by atoms with Crippen LogP contribution in [0, 0.1) is 12.8 Å². The van der Waals surface area contributed by atoms with Crippen LogP contribution in [0.2, 0.25) is 0 Å². The van der Waals surface area contributed by atoms with E-state index in [1.54, 1.807) is 6.20 Å². The Morgan fingerprint density at radius 1 is 1.37 bits per heavy atom. The molecule has 0 spiro atoms. The first kappa shape index (κ1) is 12.2. The van der Waals surface area contributed by atoms with Crippen molar-refractivity contribution >= 4 is 0 Å². The van der Waals surface area contributed by atoms with Crippen LogP contribution in [0.4, 0.5) is 0 Å². The number of nitrogens with zero attached hydrogens (tertiary/aromatic N) is 3. The molecular formula is C15H18N4. The van der Waals surface area contributed by atoms with E-state index < -0.39 is 0 Å². The fourth-order valence-electron chi connectivity index (χ4n) is 2.68. The lowest BCUT2D eigenvalue weighted by Gasteiger charge is -2.24. The van der Waals surface area contributed by atoms with Crippen LogP contribution in [-0.4, -0.2) is 21.5 Å². The highest BCUT2D eigenvalue weighted by Crippen LogP contribution is 2.27. The molecule has 1 atom stereocenters. The second kappa shape index (κ2) is 5.05. The van der Waals surface area contributed by atoms with E-state index in [1.165, 1.54) is 11.3 Å². The molecule has 0 radical (unpaired) electrons. The van der Waals surface area contributed by atoms with Crippen LogP contribution in [0.15, 0.2) is 24.5 Å². The van der Waals surface area contributed by atoms with Crippen LogP contribution in [0.3, 0.4) is 0 Å². The molecule has 2 aromatic heterocycles. The summed E-state index contributed by atoms with van der Waals surface area (Å²) in [5.74, 6) is 1.37. The molecule has 2 heterocycles. The molecule has 4 nitrogen and oxygen atoms in total. The molecule has 2 N–H and O–H groups in total. The Bertz CT molecular complexity index is 580. The summed E-state index contributed by atoms with van der Waals surface area (Å²) in [6, 6.07) is 3.91. The van der Waals surface area contributed by atoms with Crippen molar-refractivity contribution in [1.29, 1.82) is 0 Å². The van der Waals surface area contributed by atoms with Gasteiger partial charge in [0.15, 0.2) is 5.82 Å². The third kappa shape index (κ3) is 2.36. The van der Waals surface area contributed by atoms with Crippen molar-refractivity contribution in [2.45, 2.75) is 26.2 Å². The van der Waals surface area contributed by atoms with Crippen LogP contribution in [0.25, 0.3) is 11.4 Å². The number of aromatic nitrogens is 3. The van der Waals surface area contributed by atoms with Crippen molar-refractivity contribution in [2.24, 2.45) is 11.7 Å². The molecule has 0 aromatic carbocycles. The predicted octanol–water partition coefficient (Wildman–Crippen LogP) is 1.91. The van der Waals surface area contributed by atoms with Crippen LogP contribution in [0.5, 0.6) is 0 Å². The maximum Gasteiger partial charge on any atom is 0.161 e. The minimum Gasteiger partial charge on any atom is -0.330 e. The molecule has 4 heteroatoms. The third-order valence-corrected chi connectivity index (χ3v) is 3.83. The normalized spacial score (nSPS) is 18.1. The van der Waals surface area contributed by atoms with Gasteiger partial charge in [-0.05, 0) is 56.3 Å². The zero-order valence-corrected chi connectivity index (χ0v) is 11.1. The summed E-state index contributed by atoms with van der Waals surface area (Å²) in [7, 11) is 0. The average Bonchev–Trinajstić information content (AvgIpc) is 2.48. The molecule has 0 amide bonds. The summed E-state index contributed by atoms with van der Waals surface area (Å²) in [5, 5.41) is 0. The molecule has 1 aliphatic rings. The van der Waals surface area contributed by atoms with Gasteiger partial charge in [0.2, 0.25) is 0 Å². The van der Waals surface area contributed by atoms with Gasteiger partial charge in [0.05, 0.1) is 0 Å². The zero-order chi connectivity index (χ0) is 13.2. The molecule has 1 unspecified atom stereocenters. The maximum atomic E-state index is 5.78. The number of hydrogen-bond donors (Lipinski definition) is 1. The topological polar surface area (TPSA) is 64.7 Å². The number of nitrogens with two attached hydrogens (primary N) is 1. The molecule has 0 saturated heterocycles. The van der Waals surface area contributed by atoms with E-state index in [0.29, 0.717) is 5.92 Å². The first-order valence-corrected chi connectivity index (χ1v) is 6.74. The van der Waals surface area contributed by atoms with Gasteiger partial charge < -0.3 is 5.73 Å². The molecular weight excluding hydrogens is 236 g/mol. The molecule has 2 aromatic rings. The number of hydrogen-bond acceptors (Lipinski definition) is 4. The van der Waals surface area contributed by atoms with E-state index in [4.69, 9.17) is 10.7 Å². The van der Waals surface area contributed by atoms with Crippen molar-refractivity contribution in [3.63, 3.8) is 0 Å². The molecule has 98 valence electrons. The van der Waals surface area contributed by atoms with E-state index in [-0.39, 0.29) is 0 Å². The van der Waals surface area contributed by atoms with Gasteiger partial charge in [-0.25, -0.2) is 9.97 Å². The summed E-state index contributed by atoms with van der Waals surface area (Å²) < 4.78 is 0. The Labute approximate surface area is 113 Å². The van der Waals surface area contributed by atoms with E-state index in [9.17, 15) is 0 Å². The molecule has 3 rings (SSSR count). The standard InChI is InChI=1S/C15H18N4/c1-10-13-7-11(8-16)4-5-14(13)19-15(18-10)12-3-2-6-17-9-12/h2-3,6,9,11H,4-5,7-8,16H2,1H3. The number of pyridine rings is 1. The lowest BCUT2D eigenvalue weighted by Crippen LogP contribution is -2.24. The Morgan fingerprint density at radius 2 is 2.26 bits per heavy atom. The van der Waals surface area contributed by atoms with Gasteiger partial charge in [-0.15, -0.1) is 0 Å². The first-order chi connectivity index (χ1) is 9.28. The lowest BCUT2D eigenvalue weighted by molar-refractivity contribution is 0.460. The van der Waals surface area contributed by atoms with Crippen LogP contribution >= 0.6 is 0 Å². The Kier molecular flexibility index (Phi) is 3.25. The minimum atomic E-state index is 0.582. The quantitative estimate of drug-likeness (QED) is 0.889. The second-order valence-corrected chi connectivity index (χ2v) is 5.14. The Balaban J connectivity index is 2.01. The Hall–Kier alpha value is -1.81. The predicted molar refractivity (Wildman–Crippen MR) is 74.6 cm³/mol. The maximum absolute atomic E-state index is 5.78. The lowest BCUT2D eigenvalue weighted by atomic mass is 9.86. The minimum absolute atomic E-state index is 0.582. The number of rotatable bonds is 2. The molecule has 0 fully saturated rings. The number of fused-ring (bicyclic) bond motifs is 1. The zero-order valence-electron chi connectivity index (χ0n) is 11.1. The van der Waals surface area contributed by atoms with Gasteiger partial charge in [-0.2, -0.15) is 0 Å². The van der Waals surface area contributed by atoms with Crippen molar-refractivity contribution in [2.75, 3.05) is 6.54 Å². The summed E-state index contributed by atoms with van der Waals surface area (Å²) in [5.41, 5.74) is 10.3. The first-order valence-electron chi connectivity index (χ1n) is 6.74. The molecule has 19 heavy (non-hydrogen) atoms. The highest BCUT2D eigenvalue weighted by Gasteiger charge is 2.22. The van der Waals surface area contributed by atoms with E-state index >= 15 is 0 Å². The van der Waals surface area contributed by atoms with Crippen molar-refractivity contribution in [1.82, 2.24) is 15.0 Å². The van der Waals surface area contributed by atoms with Crippen molar-refractivity contribution < 1.29 is 0 Å². The molecule has 1 aliphatic carbocycles. The fraction of sp³-hybridized carbons (Fsp3) is 0.400. The van der Waals surface area contributed by atoms with Gasteiger partial charge in [-0.1, -0.05) is 0 Å². The van der Waals surface area contributed by atoms with Crippen molar-refractivity contribution in [3.05, 3.63) is 41.5 Å².